The van der Waals surface area contributed by atoms with Crippen molar-refractivity contribution in [3.63, 3.8) is 0 Å². The summed E-state index contributed by atoms with van der Waals surface area (Å²) in [5, 5.41) is 16.3. The SMILES string of the molecule is CN(C(=O)Cn1nncc1CC(=O)O)C1CCCCC1. The molecule has 1 fully saturated rings. The number of amides is 1. The normalized spacial score (nSPS) is 16.1. The van der Waals surface area contributed by atoms with Crippen molar-refractivity contribution >= 4 is 11.9 Å². The Kier molecular flexibility index (Phi) is 4.70. The van der Waals surface area contributed by atoms with Crippen molar-refractivity contribution < 1.29 is 14.7 Å². The van der Waals surface area contributed by atoms with Gasteiger partial charge in [-0.15, -0.1) is 5.10 Å². The topological polar surface area (TPSA) is 88.3 Å². The van der Waals surface area contributed by atoms with E-state index in [9.17, 15) is 9.59 Å². The van der Waals surface area contributed by atoms with E-state index in [1.807, 2.05) is 7.05 Å². The van der Waals surface area contributed by atoms with Gasteiger partial charge in [0.1, 0.15) is 6.54 Å². The first-order valence-electron chi connectivity index (χ1n) is 6.92. The second-order valence-corrected chi connectivity index (χ2v) is 5.25. The number of rotatable bonds is 5. The minimum absolute atomic E-state index is 0.0472. The minimum atomic E-state index is -0.957. The molecule has 0 atom stereocenters. The summed E-state index contributed by atoms with van der Waals surface area (Å²) in [6.45, 7) is 0.0512. The first-order valence-corrected chi connectivity index (χ1v) is 6.92. The second-order valence-electron chi connectivity index (χ2n) is 5.25. The quantitative estimate of drug-likeness (QED) is 0.857. The zero-order valence-electron chi connectivity index (χ0n) is 11.7. The lowest BCUT2D eigenvalue weighted by Crippen LogP contribution is -2.40. The summed E-state index contributed by atoms with van der Waals surface area (Å²) in [4.78, 5) is 24.7. The molecule has 7 heteroatoms. The Balaban J connectivity index is 1.96. The molecule has 1 aromatic heterocycles. The van der Waals surface area contributed by atoms with E-state index in [-0.39, 0.29) is 18.9 Å². The van der Waals surface area contributed by atoms with Gasteiger partial charge in [0.15, 0.2) is 0 Å². The predicted molar refractivity (Wildman–Crippen MR) is 71.0 cm³/mol. The average Bonchev–Trinajstić information content (AvgIpc) is 2.85. The van der Waals surface area contributed by atoms with Crippen molar-refractivity contribution in [3.05, 3.63) is 11.9 Å². The molecular weight excluding hydrogens is 260 g/mol. The Morgan fingerprint density at radius 2 is 2.10 bits per heavy atom. The van der Waals surface area contributed by atoms with E-state index in [4.69, 9.17) is 5.11 Å². The summed E-state index contributed by atoms with van der Waals surface area (Å²) in [5.41, 5.74) is 0.447. The van der Waals surface area contributed by atoms with E-state index in [1.54, 1.807) is 4.90 Å². The van der Waals surface area contributed by atoms with Crippen LogP contribution in [0.2, 0.25) is 0 Å². The first kappa shape index (κ1) is 14.5. The number of aliphatic carboxylic acids is 1. The summed E-state index contributed by atoms with van der Waals surface area (Å²) in [6.07, 6.45) is 6.87. The van der Waals surface area contributed by atoms with E-state index >= 15 is 0 Å². The Morgan fingerprint density at radius 1 is 1.40 bits per heavy atom. The molecule has 0 bridgehead atoms. The highest BCUT2D eigenvalue weighted by Crippen LogP contribution is 2.21. The largest absolute Gasteiger partial charge is 0.481 e. The van der Waals surface area contributed by atoms with Crippen molar-refractivity contribution in [3.8, 4) is 0 Å². The lowest BCUT2D eigenvalue weighted by atomic mass is 9.94. The molecule has 0 unspecified atom stereocenters. The third-order valence-corrected chi connectivity index (χ3v) is 3.83. The Bertz CT molecular complexity index is 480. The Morgan fingerprint density at radius 3 is 2.75 bits per heavy atom. The summed E-state index contributed by atoms with van der Waals surface area (Å²) >= 11 is 0. The highest BCUT2D eigenvalue weighted by atomic mass is 16.4. The highest BCUT2D eigenvalue weighted by Gasteiger charge is 2.23. The molecule has 1 aromatic rings. The number of hydrogen-bond donors (Lipinski definition) is 1. The lowest BCUT2D eigenvalue weighted by Gasteiger charge is -2.31. The van der Waals surface area contributed by atoms with Gasteiger partial charge in [0, 0.05) is 13.1 Å². The standard InChI is InChI=1S/C13H20N4O3/c1-16(10-5-3-2-4-6-10)12(18)9-17-11(7-13(19)20)8-14-15-17/h8,10H,2-7,9H2,1H3,(H,19,20). The molecule has 1 aliphatic carbocycles. The van der Waals surface area contributed by atoms with Crippen LogP contribution in [-0.4, -0.2) is 50.0 Å². The molecule has 0 radical (unpaired) electrons. The summed E-state index contributed by atoms with van der Waals surface area (Å²) in [7, 11) is 1.81. The maximum Gasteiger partial charge on any atom is 0.309 e. The molecule has 20 heavy (non-hydrogen) atoms. The van der Waals surface area contributed by atoms with E-state index in [2.05, 4.69) is 10.3 Å². The number of carboxylic acids is 1. The van der Waals surface area contributed by atoms with Crippen LogP contribution in [-0.2, 0) is 22.6 Å². The fourth-order valence-corrected chi connectivity index (χ4v) is 2.62. The smallest absolute Gasteiger partial charge is 0.309 e. The van der Waals surface area contributed by atoms with E-state index in [0.29, 0.717) is 11.7 Å². The average molecular weight is 280 g/mol. The molecule has 0 aromatic carbocycles. The van der Waals surface area contributed by atoms with Crippen LogP contribution in [0.3, 0.4) is 0 Å². The number of likely N-dealkylation sites (N-methyl/N-ethyl adjacent to an activating group) is 1. The van der Waals surface area contributed by atoms with Crippen LogP contribution >= 0.6 is 0 Å². The van der Waals surface area contributed by atoms with Crippen molar-refractivity contribution in [2.75, 3.05) is 7.05 Å². The molecule has 2 rings (SSSR count). The number of carbonyl (C=O) groups excluding carboxylic acids is 1. The van der Waals surface area contributed by atoms with Crippen molar-refractivity contribution in [2.45, 2.75) is 51.1 Å². The van der Waals surface area contributed by atoms with Gasteiger partial charge in [-0.25, -0.2) is 4.68 Å². The fraction of sp³-hybridized carbons (Fsp3) is 0.692. The number of nitrogens with zero attached hydrogens (tertiary/aromatic N) is 4. The maximum absolute atomic E-state index is 12.2. The van der Waals surface area contributed by atoms with Gasteiger partial charge < -0.3 is 10.0 Å². The Hall–Kier alpha value is -1.92. The van der Waals surface area contributed by atoms with E-state index < -0.39 is 5.97 Å². The third-order valence-electron chi connectivity index (χ3n) is 3.83. The fourth-order valence-electron chi connectivity index (χ4n) is 2.62. The van der Waals surface area contributed by atoms with Gasteiger partial charge >= 0.3 is 5.97 Å². The number of hydrogen-bond acceptors (Lipinski definition) is 4. The zero-order valence-corrected chi connectivity index (χ0v) is 11.7. The molecule has 110 valence electrons. The van der Waals surface area contributed by atoms with Gasteiger partial charge in [-0.05, 0) is 12.8 Å². The summed E-state index contributed by atoms with van der Waals surface area (Å²) in [5.74, 6) is -1.00. The molecule has 1 amide bonds. The van der Waals surface area contributed by atoms with Crippen LogP contribution in [0.4, 0.5) is 0 Å². The van der Waals surface area contributed by atoms with Crippen LogP contribution < -0.4 is 0 Å². The summed E-state index contributed by atoms with van der Waals surface area (Å²) < 4.78 is 1.37. The van der Waals surface area contributed by atoms with Crippen LogP contribution in [0.1, 0.15) is 37.8 Å². The molecule has 1 N–H and O–H groups in total. The van der Waals surface area contributed by atoms with Gasteiger partial charge in [0.2, 0.25) is 5.91 Å². The maximum atomic E-state index is 12.2. The molecule has 1 aliphatic rings. The number of aromatic nitrogens is 3. The van der Waals surface area contributed by atoms with Gasteiger partial charge in [0.05, 0.1) is 18.3 Å². The van der Waals surface area contributed by atoms with Crippen LogP contribution in [0.5, 0.6) is 0 Å². The lowest BCUT2D eigenvalue weighted by molar-refractivity contribution is -0.137. The number of carboxylic acid groups (broad SMARTS) is 1. The molecular formula is C13H20N4O3. The van der Waals surface area contributed by atoms with E-state index in [0.717, 1.165) is 25.7 Å². The highest BCUT2D eigenvalue weighted by molar-refractivity contribution is 5.76. The predicted octanol–water partition coefficient (Wildman–Crippen LogP) is 0.696. The third kappa shape index (κ3) is 3.55. The van der Waals surface area contributed by atoms with Gasteiger partial charge in [0.25, 0.3) is 0 Å². The number of carbonyl (C=O) groups is 2. The molecule has 0 aliphatic heterocycles. The van der Waals surface area contributed by atoms with Crippen LogP contribution in [0.25, 0.3) is 0 Å². The molecule has 7 nitrogen and oxygen atoms in total. The van der Waals surface area contributed by atoms with Gasteiger partial charge in [-0.3, -0.25) is 9.59 Å². The van der Waals surface area contributed by atoms with Crippen LogP contribution in [0, 0.1) is 0 Å². The zero-order chi connectivity index (χ0) is 14.5. The molecule has 1 saturated carbocycles. The van der Waals surface area contributed by atoms with Crippen molar-refractivity contribution in [1.82, 2.24) is 19.9 Å². The molecule has 0 spiro atoms. The van der Waals surface area contributed by atoms with E-state index in [1.165, 1.54) is 17.3 Å². The minimum Gasteiger partial charge on any atom is -0.481 e. The first-order chi connectivity index (χ1) is 9.58. The monoisotopic (exact) mass is 280 g/mol. The van der Waals surface area contributed by atoms with Crippen LogP contribution in [0.15, 0.2) is 6.20 Å². The van der Waals surface area contributed by atoms with Gasteiger partial charge in [-0.1, -0.05) is 24.5 Å². The van der Waals surface area contributed by atoms with Gasteiger partial charge in [-0.2, -0.15) is 0 Å². The van der Waals surface area contributed by atoms with Crippen molar-refractivity contribution in [2.24, 2.45) is 0 Å². The Labute approximate surface area is 117 Å². The second kappa shape index (κ2) is 6.49. The summed E-state index contributed by atoms with van der Waals surface area (Å²) in [6, 6.07) is 0.294. The molecule has 1 heterocycles. The molecule has 0 saturated heterocycles. The van der Waals surface area contributed by atoms with Crippen molar-refractivity contribution in [1.29, 1.82) is 0 Å².